The van der Waals surface area contributed by atoms with Crippen molar-refractivity contribution < 1.29 is 12.8 Å². The summed E-state index contributed by atoms with van der Waals surface area (Å²) in [5, 5.41) is 6.66. The summed E-state index contributed by atoms with van der Waals surface area (Å²) in [4.78, 5) is 10.7. The van der Waals surface area contributed by atoms with E-state index >= 15 is 0 Å². The van der Waals surface area contributed by atoms with E-state index in [-0.39, 0.29) is 17.8 Å². The molecule has 2 atom stereocenters. The molecule has 0 amide bonds. The number of pyridine rings is 1. The Labute approximate surface area is 166 Å². The zero-order valence-electron chi connectivity index (χ0n) is 16.4. The van der Waals surface area contributed by atoms with Crippen LogP contribution < -0.4 is 15.5 Å². The zero-order chi connectivity index (χ0) is 20.1. The fourth-order valence-corrected chi connectivity index (χ4v) is 4.58. The van der Waals surface area contributed by atoms with E-state index < -0.39 is 10.0 Å². The molecule has 0 aliphatic carbocycles. The number of rotatable bonds is 6. The fourth-order valence-electron chi connectivity index (χ4n) is 3.66. The van der Waals surface area contributed by atoms with Gasteiger partial charge in [0.1, 0.15) is 0 Å². The van der Waals surface area contributed by atoms with Gasteiger partial charge in [0, 0.05) is 51.5 Å². The molecule has 2 aliphatic rings. The van der Waals surface area contributed by atoms with E-state index in [1.165, 1.54) is 16.6 Å². The van der Waals surface area contributed by atoms with Crippen LogP contribution in [0, 0.1) is 11.7 Å². The van der Waals surface area contributed by atoms with Crippen LogP contribution in [0.15, 0.2) is 23.3 Å². The molecular formula is C18H29FN6O2S. The van der Waals surface area contributed by atoms with Gasteiger partial charge in [0.25, 0.3) is 0 Å². The second-order valence-electron chi connectivity index (χ2n) is 7.38. The maximum atomic E-state index is 14.0. The number of anilines is 1. The molecular weight excluding hydrogens is 383 g/mol. The molecule has 0 saturated carbocycles. The van der Waals surface area contributed by atoms with Gasteiger partial charge in [-0.1, -0.05) is 0 Å². The molecule has 0 spiro atoms. The van der Waals surface area contributed by atoms with Crippen LogP contribution in [-0.2, 0) is 10.0 Å². The average molecular weight is 413 g/mol. The SMILES string of the molecule is CCNC(=NCC1CCN(S(C)(=O)=O)C1)NC1CCN(c2ncccc2F)C1. The van der Waals surface area contributed by atoms with Crippen LogP contribution in [0.5, 0.6) is 0 Å². The normalized spacial score (nSPS) is 24.0. The number of aromatic nitrogens is 1. The van der Waals surface area contributed by atoms with Gasteiger partial charge in [-0.3, -0.25) is 4.99 Å². The summed E-state index contributed by atoms with van der Waals surface area (Å²) in [5.74, 6) is 1.03. The maximum Gasteiger partial charge on any atom is 0.211 e. The number of sulfonamides is 1. The summed E-state index contributed by atoms with van der Waals surface area (Å²) < 4.78 is 38.8. The first-order valence-corrected chi connectivity index (χ1v) is 11.6. The first kappa shape index (κ1) is 20.8. The van der Waals surface area contributed by atoms with Crippen LogP contribution in [0.4, 0.5) is 10.2 Å². The van der Waals surface area contributed by atoms with Crippen molar-refractivity contribution in [3.63, 3.8) is 0 Å². The molecule has 10 heteroatoms. The zero-order valence-corrected chi connectivity index (χ0v) is 17.3. The summed E-state index contributed by atoms with van der Waals surface area (Å²) >= 11 is 0. The lowest BCUT2D eigenvalue weighted by atomic mass is 10.1. The third-order valence-corrected chi connectivity index (χ3v) is 6.41. The van der Waals surface area contributed by atoms with Gasteiger partial charge >= 0.3 is 0 Å². The minimum Gasteiger partial charge on any atom is -0.357 e. The van der Waals surface area contributed by atoms with Gasteiger partial charge in [-0.25, -0.2) is 22.1 Å². The number of halogens is 1. The molecule has 2 aliphatic heterocycles. The third-order valence-electron chi connectivity index (χ3n) is 5.14. The van der Waals surface area contributed by atoms with Crippen LogP contribution in [0.3, 0.4) is 0 Å². The highest BCUT2D eigenvalue weighted by molar-refractivity contribution is 7.88. The van der Waals surface area contributed by atoms with Crippen molar-refractivity contribution in [1.82, 2.24) is 19.9 Å². The van der Waals surface area contributed by atoms with Crippen molar-refractivity contribution >= 4 is 21.8 Å². The van der Waals surface area contributed by atoms with Crippen molar-refractivity contribution in [2.75, 3.05) is 50.4 Å². The van der Waals surface area contributed by atoms with Gasteiger partial charge in [-0.05, 0) is 37.8 Å². The summed E-state index contributed by atoms with van der Waals surface area (Å²) in [7, 11) is -3.13. The van der Waals surface area contributed by atoms with Crippen molar-refractivity contribution in [3.05, 3.63) is 24.1 Å². The summed E-state index contributed by atoms with van der Waals surface area (Å²) in [5.41, 5.74) is 0. The first-order chi connectivity index (χ1) is 13.4. The number of aliphatic imine (C=N–C) groups is 1. The van der Waals surface area contributed by atoms with E-state index in [4.69, 9.17) is 0 Å². The molecule has 0 bridgehead atoms. The Morgan fingerprint density at radius 3 is 2.86 bits per heavy atom. The fraction of sp³-hybridized carbons (Fsp3) is 0.667. The first-order valence-electron chi connectivity index (χ1n) is 9.72. The molecule has 2 N–H and O–H groups in total. The Bertz CT molecular complexity index is 803. The predicted octanol–water partition coefficient (Wildman–Crippen LogP) is 0.636. The van der Waals surface area contributed by atoms with Gasteiger partial charge in [-0.15, -0.1) is 0 Å². The number of nitrogens with one attached hydrogen (secondary N) is 2. The molecule has 3 rings (SSSR count). The van der Waals surface area contributed by atoms with Crippen LogP contribution in [0.25, 0.3) is 0 Å². The third kappa shape index (κ3) is 5.32. The van der Waals surface area contributed by atoms with Crippen molar-refractivity contribution in [3.8, 4) is 0 Å². The molecule has 0 aromatic carbocycles. The molecule has 2 saturated heterocycles. The molecule has 28 heavy (non-hydrogen) atoms. The lowest BCUT2D eigenvalue weighted by Crippen LogP contribution is -2.45. The highest BCUT2D eigenvalue weighted by Crippen LogP contribution is 2.21. The van der Waals surface area contributed by atoms with E-state index in [0.29, 0.717) is 38.0 Å². The quantitative estimate of drug-likeness (QED) is 0.526. The summed E-state index contributed by atoms with van der Waals surface area (Å²) in [6, 6.07) is 3.17. The number of hydrogen-bond acceptors (Lipinski definition) is 5. The minimum atomic E-state index is -3.13. The lowest BCUT2D eigenvalue weighted by Gasteiger charge is -2.20. The molecule has 0 radical (unpaired) electrons. The van der Waals surface area contributed by atoms with Gasteiger partial charge in [0.15, 0.2) is 17.6 Å². The van der Waals surface area contributed by atoms with Crippen LogP contribution in [0.2, 0.25) is 0 Å². The van der Waals surface area contributed by atoms with Gasteiger partial charge < -0.3 is 15.5 Å². The van der Waals surface area contributed by atoms with E-state index in [2.05, 4.69) is 20.6 Å². The monoisotopic (exact) mass is 412 g/mol. The molecule has 2 fully saturated rings. The van der Waals surface area contributed by atoms with Crippen molar-refractivity contribution in [2.45, 2.75) is 25.8 Å². The van der Waals surface area contributed by atoms with E-state index in [1.807, 2.05) is 11.8 Å². The molecule has 8 nitrogen and oxygen atoms in total. The van der Waals surface area contributed by atoms with Crippen LogP contribution in [0.1, 0.15) is 19.8 Å². The highest BCUT2D eigenvalue weighted by Gasteiger charge is 2.29. The smallest absolute Gasteiger partial charge is 0.211 e. The second kappa shape index (κ2) is 9.04. The average Bonchev–Trinajstić information content (AvgIpc) is 3.29. The highest BCUT2D eigenvalue weighted by atomic mass is 32.2. The molecule has 1 aromatic heterocycles. The van der Waals surface area contributed by atoms with E-state index in [9.17, 15) is 12.8 Å². The molecule has 156 valence electrons. The van der Waals surface area contributed by atoms with Crippen molar-refractivity contribution in [1.29, 1.82) is 0 Å². The predicted molar refractivity (Wildman–Crippen MR) is 108 cm³/mol. The topological polar surface area (TPSA) is 89.9 Å². The summed E-state index contributed by atoms with van der Waals surface area (Å²) in [6.07, 6.45) is 4.55. The van der Waals surface area contributed by atoms with Crippen LogP contribution >= 0.6 is 0 Å². The minimum absolute atomic E-state index is 0.148. The second-order valence-corrected chi connectivity index (χ2v) is 9.36. The number of hydrogen-bond donors (Lipinski definition) is 2. The standard InChI is InChI=1S/C18H29FN6O2S/c1-3-20-18(22-11-14-6-10-25(12-14)28(2,26)27)23-15-7-9-24(13-15)17-16(19)5-4-8-21-17/h4-5,8,14-15H,3,6-7,9-13H2,1-2H3,(H2,20,22,23). The van der Waals surface area contributed by atoms with Gasteiger partial charge in [0.05, 0.1) is 6.26 Å². The molecule has 1 aromatic rings. The maximum absolute atomic E-state index is 14.0. The Morgan fingerprint density at radius 2 is 2.18 bits per heavy atom. The van der Waals surface area contributed by atoms with Gasteiger partial charge in [0.2, 0.25) is 10.0 Å². The Kier molecular flexibility index (Phi) is 6.71. The lowest BCUT2D eigenvalue weighted by molar-refractivity contribution is 0.463. The summed E-state index contributed by atoms with van der Waals surface area (Å²) in [6.45, 7) is 5.79. The largest absolute Gasteiger partial charge is 0.357 e. The van der Waals surface area contributed by atoms with E-state index in [1.54, 1.807) is 12.3 Å². The van der Waals surface area contributed by atoms with E-state index in [0.717, 1.165) is 25.9 Å². The Balaban J connectivity index is 1.55. The Hall–Kier alpha value is -1.94. The number of guanidine groups is 1. The Morgan fingerprint density at radius 1 is 1.36 bits per heavy atom. The molecule has 2 unspecified atom stereocenters. The van der Waals surface area contributed by atoms with Crippen LogP contribution in [-0.4, -0.2) is 75.2 Å². The number of nitrogens with zero attached hydrogens (tertiary/aromatic N) is 4. The van der Waals surface area contributed by atoms with Gasteiger partial charge in [-0.2, -0.15) is 0 Å². The van der Waals surface area contributed by atoms with Crippen molar-refractivity contribution in [2.24, 2.45) is 10.9 Å². The molecule has 3 heterocycles.